The smallest absolute Gasteiger partial charge is 0.0625 e. The van der Waals surface area contributed by atoms with E-state index in [1.807, 2.05) is 29.1 Å². The number of nitrogens with zero attached hydrogens (tertiary/aromatic N) is 2. The maximum absolute atomic E-state index is 6.39. The minimum absolute atomic E-state index is 0.0652. The largest absolute Gasteiger partial charge is 0.270 e. The Kier molecular flexibility index (Phi) is 4.43. The van der Waals surface area contributed by atoms with E-state index < -0.39 is 0 Å². The third kappa shape index (κ3) is 3.36. The van der Waals surface area contributed by atoms with Gasteiger partial charge in [-0.05, 0) is 38.3 Å². The van der Waals surface area contributed by atoms with Crippen LogP contribution >= 0.6 is 11.6 Å². The standard InChI is InChI=1S/C15H19ClN2/c1-12(2)18-11-10-14(17-18)8-9-15(16)13-6-4-3-5-7-13/h3-7,10-12,15H,8-9H2,1-2H3. The molecule has 1 heterocycles. The van der Waals surface area contributed by atoms with Crippen molar-refractivity contribution in [2.45, 2.75) is 38.1 Å². The van der Waals surface area contributed by atoms with Crippen LogP contribution in [0.4, 0.5) is 0 Å². The molecule has 0 fully saturated rings. The number of aryl methyl sites for hydroxylation is 1. The van der Waals surface area contributed by atoms with Crippen molar-refractivity contribution in [2.24, 2.45) is 0 Å². The molecule has 0 aliphatic carbocycles. The molecular formula is C15H19ClN2. The minimum atomic E-state index is 0.0652. The maximum Gasteiger partial charge on any atom is 0.0625 e. The topological polar surface area (TPSA) is 17.8 Å². The van der Waals surface area contributed by atoms with Crippen LogP contribution in [0.15, 0.2) is 42.6 Å². The number of benzene rings is 1. The van der Waals surface area contributed by atoms with Gasteiger partial charge in [-0.25, -0.2) is 0 Å². The van der Waals surface area contributed by atoms with Crippen molar-refractivity contribution >= 4 is 11.6 Å². The van der Waals surface area contributed by atoms with E-state index in [1.54, 1.807) is 0 Å². The molecule has 0 radical (unpaired) electrons. The molecule has 0 saturated heterocycles. The van der Waals surface area contributed by atoms with Crippen LogP contribution in [0.5, 0.6) is 0 Å². The fourth-order valence-corrected chi connectivity index (χ4v) is 2.16. The average Bonchev–Trinajstić information content (AvgIpc) is 2.86. The van der Waals surface area contributed by atoms with Crippen LogP contribution in [0.25, 0.3) is 0 Å². The van der Waals surface area contributed by atoms with Crippen LogP contribution in [0.1, 0.15) is 42.9 Å². The molecule has 0 bridgehead atoms. The highest BCUT2D eigenvalue weighted by molar-refractivity contribution is 6.20. The lowest BCUT2D eigenvalue weighted by Crippen LogP contribution is -2.02. The Morgan fingerprint density at radius 3 is 2.50 bits per heavy atom. The average molecular weight is 263 g/mol. The number of alkyl halides is 1. The Hall–Kier alpha value is -1.28. The second kappa shape index (κ2) is 6.05. The first kappa shape index (κ1) is 13.2. The van der Waals surface area contributed by atoms with Gasteiger partial charge in [0, 0.05) is 12.2 Å². The molecule has 0 saturated carbocycles. The van der Waals surface area contributed by atoms with Crippen LogP contribution in [-0.4, -0.2) is 9.78 Å². The van der Waals surface area contributed by atoms with E-state index in [2.05, 4.69) is 37.1 Å². The van der Waals surface area contributed by atoms with E-state index >= 15 is 0 Å². The van der Waals surface area contributed by atoms with E-state index in [4.69, 9.17) is 11.6 Å². The zero-order chi connectivity index (χ0) is 13.0. The number of hydrogen-bond donors (Lipinski definition) is 0. The molecule has 0 N–H and O–H groups in total. The van der Waals surface area contributed by atoms with Crippen LogP contribution in [0.3, 0.4) is 0 Å². The highest BCUT2D eigenvalue weighted by Crippen LogP contribution is 2.25. The summed E-state index contributed by atoms with van der Waals surface area (Å²) in [4.78, 5) is 0. The molecule has 3 heteroatoms. The molecule has 96 valence electrons. The van der Waals surface area contributed by atoms with Gasteiger partial charge in [0.2, 0.25) is 0 Å². The molecule has 2 rings (SSSR count). The highest BCUT2D eigenvalue weighted by atomic mass is 35.5. The van der Waals surface area contributed by atoms with Crippen molar-refractivity contribution < 1.29 is 0 Å². The van der Waals surface area contributed by atoms with Gasteiger partial charge >= 0.3 is 0 Å². The molecule has 2 aromatic rings. The van der Waals surface area contributed by atoms with Gasteiger partial charge in [-0.2, -0.15) is 5.10 Å². The van der Waals surface area contributed by atoms with Crippen molar-refractivity contribution in [3.8, 4) is 0 Å². The number of halogens is 1. The number of aromatic nitrogens is 2. The summed E-state index contributed by atoms with van der Waals surface area (Å²) in [7, 11) is 0. The third-order valence-electron chi connectivity index (χ3n) is 3.01. The summed E-state index contributed by atoms with van der Waals surface area (Å²) in [5.41, 5.74) is 2.30. The highest BCUT2D eigenvalue weighted by Gasteiger charge is 2.09. The molecule has 0 aliphatic heterocycles. The Labute approximate surface area is 114 Å². The second-order valence-corrected chi connectivity index (χ2v) is 5.32. The van der Waals surface area contributed by atoms with Gasteiger partial charge in [-0.1, -0.05) is 30.3 Å². The lowest BCUT2D eigenvalue weighted by molar-refractivity contribution is 0.525. The zero-order valence-electron chi connectivity index (χ0n) is 10.9. The Balaban J connectivity index is 1.91. The first-order chi connectivity index (χ1) is 8.66. The number of rotatable bonds is 5. The maximum atomic E-state index is 6.39. The van der Waals surface area contributed by atoms with Crippen molar-refractivity contribution in [3.63, 3.8) is 0 Å². The Bertz CT molecular complexity index is 476. The summed E-state index contributed by atoms with van der Waals surface area (Å²) in [5, 5.41) is 4.60. The summed E-state index contributed by atoms with van der Waals surface area (Å²) in [6.45, 7) is 4.26. The quantitative estimate of drug-likeness (QED) is 0.732. The summed E-state index contributed by atoms with van der Waals surface area (Å²) >= 11 is 6.39. The molecule has 1 aromatic heterocycles. The molecule has 0 amide bonds. The molecular weight excluding hydrogens is 244 g/mol. The van der Waals surface area contributed by atoms with E-state index in [0.717, 1.165) is 18.5 Å². The van der Waals surface area contributed by atoms with Crippen molar-refractivity contribution in [1.82, 2.24) is 9.78 Å². The fourth-order valence-electron chi connectivity index (χ4n) is 1.90. The monoisotopic (exact) mass is 262 g/mol. The van der Waals surface area contributed by atoms with Gasteiger partial charge in [0.05, 0.1) is 11.1 Å². The molecule has 0 aliphatic rings. The molecule has 18 heavy (non-hydrogen) atoms. The third-order valence-corrected chi connectivity index (χ3v) is 3.48. The van der Waals surface area contributed by atoms with E-state index in [0.29, 0.717) is 6.04 Å². The van der Waals surface area contributed by atoms with Crippen molar-refractivity contribution in [2.75, 3.05) is 0 Å². The van der Waals surface area contributed by atoms with Crippen LogP contribution in [0, 0.1) is 0 Å². The SMILES string of the molecule is CC(C)n1ccc(CCC(Cl)c2ccccc2)n1. The summed E-state index contributed by atoms with van der Waals surface area (Å²) in [6, 6.07) is 12.7. The van der Waals surface area contributed by atoms with Crippen LogP contribution in [0.2, 0.25) is 0 Å². The lowest BCUT2D eigenvalue weighted by Gasteiger charge is -2.08. The fraction of sp³-hybridized carbons (Fsp3) is 0.400. The predicted molar refractivity (Wildman–Crippen MR) is 76.0 cm³/mol. The van der Waals surface area contributed by atoms with Crippen molar-refractivity contribution in [1.29, 1.82) is 0 Å². The van der Waals surface area contributed by atoms with E-state index in [-0.39, 0.29) is 5.38 Å². The second-order valence-electron chi connectivity index (χ2n) is 4.80. The first-order valence-corrected chi connectivity index (χ1v) is 6.83. The van der Waals surface area contributed by atoms with Gasteiger partial charge in [0.25, 0.3) is 0 Å². The van der Waals surface area contributed by atoms with Gasteiger partial charge in [-0.3, -0.25) is 4.68 Å². The number of hydrogen-bond acceptors (Lipinski definition) is 1. The predicted octanol–water partition coefficient (Wildman–Crippen LogP) is 4.38. The van der Waals surface area contributed by atoms with Crippen molar-refractivity contribution in [3.05, 3.63) is 53.9 Å². The van der Waals surface area contributed by atoms with E-state index in [1.165, 1.54) is 5.56 Å². The lowest BCUT2D eigenvalue weighted by atomic mass is 10.1. The summed E-state index contributed by atoms with van der Waals surface area (Å²) in [5.74, 6) is 0. The molecule has 1 unspecified atom stereocenters. The summed E-state index contributed by atoms with van der Waals surface area (Å²) < 4.78 is 1.99. The first-order valence-electron chi connectivity index (χ1n) is 6.40. The van der Waals surface area contributed by atoms with Gasteiger partial charge in [0.1, 0.15) is 0 Å². The minimum Gasteiger partial charge on any atom is -0.270 e. The summed E-state index contributed by atoms with van der Waals surface area (Å²) in [6.07, 6.45) is 3.87. The zero-order valence-corrected chi connectivity index (χ0v) is 11.6. The van der Waals surface area contributed by atoms with Gasteiger partial charge in [0.15, 0.2) is 0 Å². The van der Waals surface area contributed by atoms with E-state index in [9.17, 15) is 0 Å². The molecule has 0 spiro atoms. The molecule has 1 atom stereocenters. The van der Waals surface area contributed by atoms with Gasteiger partial charge in [-0.15, -0.1) is 11.6 Å². The molecule has 2 nitrogen and oxygen atoms in total. The van der Waals surface area contributed by atoms with Crippen LogP contribution < -0.4 is 0 Å². The van der Waals surface area contributed by atoms with Gasteiger partial charge < -0.3 is 0 Å². The molecule has 1 aromatic carbocycles. The Morgan fingerprint density at radius 1 is 1.17 bits per heavy atom. The normalized spacial score (nSPS) is 12.9. The Morgan fingerprint density at radius 2 is 1.89 bits per heavy atom. The van der Waals surface area contributed by atoms with Crippen LogP contribution in [-0.2, 0) is 6.42 Å².